The molecule has 1 atom stereocenters. The van der Waals surface area contributed by atoms with Gasteiger partial charge in [0.25, 0.3) is 5.91 Å². The number of imidazole rings is 1. The van der Waals surface area contributed by atoms with Crippen molar-refractivity contribution in [3.05, 3.63) is 48.0 Å². The molecule has 0 aliphatic carbocycles. The Kier molecular flexibility index (Phi) is 8.21. The monoisotopic (exact) mass is 457 g/mol. The van der Waals surface area contributed by atoms with Crippen LogP contribution in [0.1, 0.15) is 41.4 Å². The zero-order valence-electron chi connectivity index (χ0n) is 17.1. The number of alkyl halides is 3. The summed E-state index contributed by atoms with van der Waals surface area (Å²) in [5.41, 5.74) is 1.60. The summed E-state index contributed by atoms with van der Waals surface area (Å²) >= 11 is 0. The highest BCUT2D eigenvalue weighted by Crippen LogP contribution is 2.32. The Morgan fingerprint density at radius 2 is 1.78 bits per heavy atom. The molecule has 1 amide bonds. The smallest absolute Gasteiger partial charge is 0.482 e. The number of amides is 1. The second-order valence-corrected chi connectivity index (χ2v) is 6.95. The number of nitrogens with zero attached hydrogens (tertiary/aromatic N) is 3. The highest BCUT2D eigenvalue weighted by Gasteiger charge is 2.38. The van der Waals surface area contributed by atoms with E-state index in [0.717, 1.165) is 25.0 Å². The second kappa shape index (κ2) is 10.6. The number of carboxylic acids is 2. The van der Waals surface area contributed by atoms with Gasteiger partial charge in [-0.15, -0.1) is 0 Å². The highest BCUT2D eigenvalue weighted by molar-refractivity contribution is 5.94. The molecule has 0 radical (unpaired) electrons. The summed E-state index contributed by atoms with van der Waals surface area (Å²) in [5, 5.41) is 15.8. The predicted octanol–water partition coefficient (Wildman–Crippen LogP) is 2.88. The molecule has 2 N–H and O–H groups in total. The van der Waals surface area contributed by atoms with Gasteiger partial charge in [-0.2, -0.15) is 13.2 Å². The first-order valence-electron chi connectivity index (χ1n) is 9.52. The lowest BCUT2D eigenvalue weighted by molar-refractivity contribution is -0.192. The van der Waals surface area contributed by atoms with Gasteiger partial charge in [0.05, 0.1) is 24.3 Å². The van der Waals surface area contributed by atoms with Crippen LogP contribution in [-0.2, 0) is 16.6 Å². The topological polar surface area (TPSA) is 122 Å². The molecule has 1 aliphatic heterocycles. The molecule has 0 bridgehead atoms. The van der Waals surface area contributed by atoms with Gasteiger partial charge in [-0.05, 0) is 43.5 Å². The van der Waals surface area contributed by atoms with Crippen LogP contribution in [0.3, 0.4) is 0 Å². The summed E-state index contributed by atoms with van der Waals surface area (Å²) in [6, 6.07) is 6.62. The number of aromatic nitrogens is 2. The fourth-order valence-corrected chi connectivity index (χ4v) is 3.18. The van der Waals surface area contributed by atoms with Crippen molar-refractivity contribution in [2.24, 2.45) is 7.05 Å². The van der Waals surface area contributed by atoms with Gasteiger partial charge in [-0.3, -0.25) is 4.79 Å². The van der Waals surface area contributed by atoms with Crippen LogP contribution in [0.5, 0.6) is 5.75 Å². The summed E-state index contributed by atoms with van der Waals surface area (Å²) in [6.07, 6.45) is 1.48. The Hall–Kier alpha value is -3.57. The molecule has 174 valence electrons. The minimum Gasteiger partial charge on any atom is -0.482 e. The van der Waals surface area contributed by atoms with Gasteiger partial charge in [0, 0.05) is 19.2 Å². The van der Waals surface area contributed by atoms with E-state index >= 15 is 0 Å². The first kappa shape index (κ1) is 24.7. The molecule has 0 saturated carbocycles. The fraction of sp³-hybridized carbons (Fsp3) is 0.400. The van der Waals surface area contributed by atoms with Crippen molar-refractivity contribution in [3.63, 3.8) is 0 Å². The number of rotatable bonds is 5. The van der Waals surface area contributed by atoms with Crippen molar-refractivity contribution in [2.45, 2.75) is 31.5 Å². The third kappa shape index (κ3) is 6.72. The zero-order valence-corrected chi connectivity index (χ0v) is 17.1. The molecule has 1 aliphatic rings. The van der Waals surface area contributed by atoms with Crippen LogP contribution in [0.2, 0.25) is 0 Å². The quantitative estimate of drug-likeness (QED) is 0.708. The molecular weight excluding hydrogens is 435 g/mol. The number of carboxylic acid groups (broad SMARTS) is 2. The van der Waals surface area contributed by atoms with Crippen LogP contribution < -0.4 is 4.74 Å². The highest BCUT2D eigenvalue weighted by atomic mass is 19.4. The number of hydrogen-bond donors (Lipinski definition) is 2. The third-order valence-electron chi connectivity index (χ3n) is 4.67. The number of carbonyl (C=O) groups is 3. The largest absolute Gasteiger partial charge is 0.490 e. The van der Waals surface area contributed by atoms with Crippen molar-refractivity contribution in [1.82, 2.24) is 14.5 Å². The van der Waals surface area contributed by atoms with E-state index in [-0.39, 0.29) is 11.9 Å². The van der Waals surface area contributed by atoms with E-state index in [1.54, 1.807) is 30.6 Å². The lowest BCUT2D eigenvalue weighted by Crippen LogP contribution is -2.39. The first-order valence-corrected chi connectivity index (χ1v) is 9.52. The van der Waals surface area contributed by atoms with E-state index in [9.17, 15) is 22.8 Å². The van der Waals surface area contributed by atoms with Crippen molar-refractivity contribution < 1.29 is 42.5 Å². The molecule has 2 aromatic rings. The normalized spacial score (nSPS) is 16.0. The summed E-state index contributed by atoms with van der Waals surface area (Å²) in [5.74, 6) is -3.39. The van der Waals surface area contributed by atoms with Crippen molar-refractivity contribution in [3.8, 4) is 5.75 Å². The van der Waals surface area contributed by atoms with Gasteiger partial charge in [0.15, 0.2) is 6.61 Å². The number of halogens is 3. The summed E-state index contributed by atoms with van der Waals surface area (Å²) < 4.78 is 38.8. The molecule has 9 nitrogen and oxygen atoms in total. The molecule has 32 heavy (non-hydrogen) atoms. The number of carbonyl (C=O) groups excluding carboxylic acids is 1. The fourth-order valence-electron chi connectivity index (χ4n) is 3.18. The van der Waals surface area contributed by atoms with E-state index < -0.39 is 24.7 Å². The molecule has 1 aromatic heterocycles. The Morgan fingerprint density at radius 3 is 2.28 bits per heavy atom. The standard InChI is InChI=1S/C18H21N3O4.C2HF3O2/c1-20-12-19-10-16(20)15-4-2-3-9-21(15)18(24)13-5-7-14(8-6-13)25-11-17(22)23;3-2(4,5)1(6)7/h5-8,10,12,15H,2-4,9,11H2,1H3,(H,22,23);(H,6,7). The van der Waals surface area contributed by atoms with Gasteiger partial charge in [0.2, 0.25) is 0 Å². The number of benzene rings is 1. The minimum atomic E-state index is -5.08. The lowest BCUT2D eigenvalue weighted by atomic mass is 9.98. The van der Waals surface area contributed by atoms with Gasteiger partial charge in [0.1, 0.15) is 5.75 Å². The van der Waals surface area contributed by atoms with Crippen LogP contribution in [0.4, 0.5) is 13.2 Å². The van der Waals surface area contributed by atoms with Crippen molar-refractivity contribution >= 4 is 17.8 Å². The van der Waals surface area contributed by atoms with E-state index in [1.807, 2.05) is 22.7 Å². The molecule has 1 saturated heterocycles. The average Bonchev–Trinajstić information content (AvgIpc) is 3.17. The van der Waals surface area contributed by atoms with E-state index in [1.165, 1.54) is 0 Å². The van der Waals surface area contributed by atoms with E-state index in [4.69, 9.17) is 19.7 Å². The van der Waals surface area contributed by atoms with Crippen molar-refractivity contribution in [1.29, 1.82) is 0 Å². The van der Waals surface area contributed by atoms with Gasteiger partial charge in [-0.25, -0.2) is 14.6 Å². The van der Waals surface area contributed by atoms with E-state index in [0.29, 0.717) is 17.9 Å². The summed E-state index contributed by atoms with van der Waals surface area (Å²) in [4.78, 5) is 38.5. The number of likely N-dealkylation sites (tertiary alicyclic amines) is 1. The third-order valence-corrected chi connectivity index (χ3v) is 4.67. The maximum absolute atomic E-state index is 13.0. The second-order valence-electron chi connectivity index (χ2n) is 6.95. The Morgan fingerprint density at radius 1 is 1.16 bits per heavy atom. The van der Waals surface area contributed by atoms with Crippen LogP contribution in [-0.4, -0.2) is 61.8 Å². The van der Waals surface area contributed by atoms with Crippen LogP contribution in [0, 0.1) is 0 Å². The van der Waals surface area contributed by atoms with Crippen molar-refractivity contribution in [2.75, 3.05) is 13.2 Å². The van der Waals surface area contributed by atoms with Gasteiger partial charge in [-0.1, -0.05) is 0 Å². The molecular formula is C20H22F3N3O6. The number of piperidine rings is 1. The number of aryl methyl sites for hydroxylation is 1. The molecule has 2 heterocycles. The summed E-state index contributed by atoms with van der Waals surface area (Å²) in [6.45, 7) is 0.313. The number of ether oxygens (including phenoxy) is 1. The first-order chi connectivity index (χ1) is 15.0. The van der Waals surface area contributed by atoms with Crippen LogP contribution >= 0.6 is 0 Å². The number of hydrogen-bond acceptors (Lipinski definition) is 5. The molecule has 1 fully saturated rings. The SMILES string of the molecule is Cn1cncc1C1CCCCN1C(=O)c1ccc(OCC(=O)O)cc1.O=C(O)C(F)(F)F. The maximum atomic E-state index is 13.0. The molecule has 12 heteroatoms. The van der Waals surface area contributed by atoms with Gasteiger partial charge >= 0.3 is 18.1 Å². The van der Waals surface area contributed by atoms with Crippen LogP contribution in [0.25, 0.3) is 0 Å². The number of aliphatic carboxylic acids is 2. The summed E-state index contributed by atoms with van der Waals surface area (Å²) in [7, 11) is 1.94. The molecule has 0 spiro atoms. The Labute approximate surface area is 181 Å². The molecule has 1 aromatic carbocycles. The zero-order chi connectivity index (χ0) is 23.9. The van der Waals surface area contributed by atoms with Crippen LogP contribution in [0.15, 0.2) is 36.8 Å². The Balaban J connectivity index is 0.000000451. The minimum absolute atomic E-state index is 0.0247. The predicted molar refractivity (Wildman–Crippen MR) is 104 cm³/mol. The lowest BCUT2D eigenvalue weighted by Gasteiger charge is -2.36. The Bertz CT molecular complexity index is 943. The molecule has 3 rings (SSSR count). The average molecular weight is 457 g/mol. The molecule has 1 unspecified atom stereocenters. The maximum Gasteiger partial charge on any atom is 0.490 e. The van der Waals surface area contributed by atoms with Gasteiger partial charge < -0.3 is 24.4 Å². The van der Waals surface area contributed by atoms with E-state index in [2.05, 4.69) is 4.98 Å².